The van der Waals surface area contributed by atoms with Gasteiger partial charge in [-0.05, 0) is 38.5 Å². The number of benzene rings is 1. The van der Waals surface area contributed by atoms with Gasteiger partial charge in [0.1, 0.15) is 11.4 Å². The largest absolute Gasteiger partial charge is 0.444 e. The zero-order valence-electron chi connectivity index (χ0n) is 14.1. The normalized spacial score (nSPS) is 17.9. The van der Waals surface area contributed by atoms with Gasteiger partial charge in [-0.25, -0.2) is 9.18 Å². The first-order chi connectivity index (χ1) is 10.8. The molecular weight excluding hydrogens is 297 g/mol. The lowest BCUT2D eigenvalue weighted by Gasteiger charge is -2.39. The number of nitrogens with two attached hydrogens (primary N) is 1. The van der Waals surface area contributed by atoms with Crippen LogP contribution in [0, 0.1) is 5.82 Å². The van der Waals surface area contributed by atoms with Crippen molar-refractivity contribution >= 4 is 6.09 Å². The number of amides is 1. The highest BCUT2D eigenvalue weighted by atomic mass is 19.1. The molecule has 0 saturated carbocycles. The Bertz CT molecular complexity index is 520. The molecule has 1 saturated heterocycles. The van der Waals surface area contributed by atoms with Crippen molar-refractivity contribution in [3.63, 3.8) is 0 Å². The molecule has 1 fully saturated rings. The SMILES string of the molecule is CC(C)(C)OC(=O)N1CCN(C(CN)c2ccc(F)cc2)CC1. The second kappa shape index (κ2) is 7.27. The van der Waals surface area contributed by atoms with Crippen LogP contribution < -0.4 is 5.73 Å². The predicted molar refractivity (Wildman–Crippen MR) is 87.6 cm³/mol. The van der Waals surface area contributed by atoms with Gasteiger partial charge in [-0.15, -0.1) is 0 Å². The molecule has 23 heavy (non-hydrogen) atoms. The molecule has 1 aromatic rings. The first-order valence-corrected chi connectivity index (χ1v) is 7.97. The Hall–Kier alpha value is -1.66. The quantitative estimate of drug-likeness (QED) is 0.928. The Balaban J connectivity index is 1.94. The summed E-state index contributed by atoms with van der Waals surface area (Å²) in [7, 11) is 0. The molecule has 0 bridgehead atoms. The van der Waals surface area contributed by atoms with Gasteiger partial charge < -0.3 is 15.4 Å². The van der Waals surface area contributed by atoms with E-state index in [1.165, 1.54) is 12.1 Å². The van der Waals surface area contributed by atoms with Gasteiger partial charge in [0.15, 0.2) is 0 Å². The van der Waals surface area contributed by atoms with Crippen LogP contribution in [0.1, 0.15) is 32.4 Å². The number of nitrogens with zero attached hydrogens (tertiary/aromatic N) is 2. The number of ether oxygens (including phenoxy) is 1. The van der Waals surface area contributed by atoms with E-state index in [1.807, 2.05) is 20.8 Å². The topological polar surface area (TPSA) is 58.8 Å². The van der Waals surface area contributed by atoms with E-state index in [4.69, 9.17) is 10.5 Å². The molecule has 1 aromatic carbocycles. The van der Waals surface area contributed by atoms with Crippen LogP contribution in [-0.4, -0.2) is 54.2 Å². The van der Waals surface area contributed by atoms with Gasteiger partial charge in [-0.3, -0.25) is 4.90 Å². The zero-order valence-corrected chi connectivity index (χ0v) is 14.1. The van der Waals surface area contributed by atoms with Gasteiger partial charge >= 0.3 is 6.09 Å². The highest BCUT2D eigenvalue weighted by molar-refractivity contribution is 5.68. The molecule has 1 aliphatic rings. The van der Waals surface area contributed by atoms with Gasteiger partial charge in [0.2, 0.25) is 0 Å². The fraction of sp³-hybridized carbons (Fsp3) is 0.588. The summed E-state index contributed by atoms with van der Waals surface area (Å²) in [5.74, 6) is -0.251. The fourth-order valence-corrected chi connectivity index (χ4v) is 2.72. The molecule has 128 valence electrons. The van der Waals surface area contributed by atoms with Crippen LogP contribution in [0.25, 0.3) is 0 Å². The number of rotatable bonds is 3. The first kappa shape index (κ1) is 17.7. The first-order valence-electron chi connectivity index (χ1n) is 7.97. The van der Waals surface area contributed by atoms with E-state index in [1.54, 1.807) is 17.0 Å². The van der Waals surface area contributed by atoms with Crippen molar-refractivity contribution in [1.82, 2.24) is 9.80 Å². The predicted octanol–water partition coefficient (Wildman–Crippen LogP) is 2.38. The van der Waals surface area contributed by atoms with Crippen molar-refractivity contribution in [2.75, 3.05) is 32.7 Å². The van der Waals surface area contributed by atoms with Crippen LogP contribution in [0.15, 0.2) is 24.3 Å². The van der Waals surface area contributed by atoms with Crippen molar-refractivity contribution in [3.8, 4) is 0 Å². The second-order valence-electron chi connectivity index (χ2n) is 6.81. The number of piperazine rings is 1. The third-order valence-electron chi connectivity index (χ3n) is 3.88. The van der Waals surface area contributed by atoms with E-state index in [9.17, 15) is 9.18 Å². The summed E-state index contributed by atoms with van der Waals surface area (Å²) in [6.07, 6.45) is -0.275. The van der Waals surface area contributed by atoms with Crippen LogP contribution in [0.4, 0.5) is 9.18 Å². The standard InChI is InChI=1S/C17H26FN3O2/c1-17(2,3)23-16(22)21-10-8-20(9-11-21)15(12-19)13-4-6-14(18)7-5-13/h4-7,15H,8-12,19H2,1-3H3. The maximum atomic E-state index is 13.1. The summed E-state index contributed by atoms with van der Waals surface area (Å²) in [6, 6.07) is 6.49. The smallest absolute Gasteiger partial charge is 0.410 e. The fourth-order valence-electron chi connectivity index (χ4n) is 2.72. The third kappa shape index (κ3) is 4.91. The Kier molecular flexibility index (Phi) is 5.59. The molecule has 1 heterocycles. The molecule has 0 radical (unpaired) electrons. The van der Waals surface area contributed by atoms with Crippen molar-refractivity contribution in [2.45, 2.75) is 32.4 Å². The Labute approximate surface area is 137 Å². The number of carbonyl (C=O) groups excluding carboxylic acids is 1. The van der Waals surface area contributed by atoms with E-state index < -0.39 is 5.60 Å². The molecule has 1 aliphatic heterocycles. The summed E-state index contributed by atoms with van der Waals surface area (Å²) < 4.78 is 18.5. The summed E-state index contributed by atoms with van der Waals surface area (Å²) >= 11 is 0. The average Bonchev–Trinajstić information content (AvgIpc) is 2.49. The summed E-state index contributed by atoms with van der Waals surface area (Å²) in [6.45, 7) is 8.69. The summed E-state index contributed by atoms with van der Waals surface area (Å²) in [5, 5.41) is 0. The lowest BCUT2D eigenvalue weighted by Crippen LogP contribution is -2.51. The van der Waals surface area contributed by atoms with Gasteiger partial charge in [0, 0.05) is 38.8 Å². The minimum absolute atomic E-state index is 0.0383. The molecule has 0 aromatic heterocycles. The Morgan fingerprint density at radius 1 is 1.22 bits per heavy atom. The number of halogens is 1. The van der Waals surface area contributed by atoms with Crippen LogP contribution in [0.2, 0.25) is 0 Å². The van der Waals surface area contributed by atoms with Crippen molar-refractivity contribution in [3.05, 3.63) is 35.6 Å². The number of hydrogen-bond donors (Lipinski definition) is 1. The van der Waals surface area contributed by atoms with E-state index in [-0.39, 0.29) is 18.0 Å². The van der Waals surface area contributed by atoms with Crippen LogP contribution >= 0.6 is 0 Å². The van der Waals surface area contributed by atoms with E-state index in [0.717, 1.165) is 18.7 Å². The van der Waals surface area contributed by atoms with E-state index >= 15 is 0 Å². The van der Waals surface area contributed by atoms with Crippen LogP contribution in [0.5, 0.6) is 0 Å². The van der Waals surface area contributed by atoms with Crippen LogP contribution in [0.3, 0.4) is 0 Å². The molecule has 1 unspecified atom stereocenters. The van der Waals surface area contributed by atoms with Gasteiger partial charge in [-0.1, -0.05) is 12.1 Å². The number of carbonyl (C=O) groups is 1. The molecule has 0 spiro atoms. The minimum atomic E-state index is -0.484. The molecular formula is C17H26FN3O2. The highest BCUT2D eigenvalue weighted by Crippen LogP contribution is 2.22. The molecule has 5 nitrogen and oxygen atoms in total. The highest BCUT2D eigenvalue weighted by Gasteiger charge is 2.28. The van der Waals surface area contributed by atoms with Gasteiger partial charge in [0.05, 0.1) is 0 Å². The molecule has 1 atom stereocenters. The minimum Gasteiger partial charge on any atom is -0.444 e. The average molecular weight is 323 g/mol. The van der Waals surface area contributed by atoms with Gasteiger partial charge in [-0.2, -0.15) is 0 Å². The van der Waals surface area contributed by atoms with Crippen LogP contribution in [-0.2, 0) is 4.74 Å². The molecule has 6 heteroatoms. The number of hydrogen-bond acceptors (Lipinski definition) is 4. The summed E-state index contributed by atoms with van der Waals surface area (Å²) in [5.41, 5.74) is 6.43. The molecule has 2 rings (SSSR count). The lowest BCUT2D eigenvalue weighted by atomic mass is 10.0. The molecule has 2 N–H and O–H groups in total. The van der Waals surface area contributed by atoms with Crippen molar-refractivity contribution < 1.29 is 13.9 Å². The molecule has 1 amide bonds. The maximum Gasteiger partial charge on any atom is 0.410 e. The second-order valence-corrected chi connectivity index (χ2v) is 6.81. The van der Waals surface area contributed by atoms with Crippen molar-refractivity contribution in [1.29, 1.82) is 0 Å². The monoisotopic (exact) mass is 323 g/mol. The van der Waals surface area contributed by atoms with E-state index in [0.29, 0.717) is 19.6 Å². The Morgan fingerprint density at radius 2 is 1.78 bits per heavy atom. The van der Waals surface area contributed by atoms with Crippen molar-refractivity contribution in [2.24, 2.45) is 5.73 Å². The third-order valence-corrected chi connectivity index (χ3v) is 3.88. The molecule has 0 aliphatic carbocycles. The summed E-state index contributed by atoms with van der Waals surface area (Å²) in [4.78, 5) is 16.0. The maximum absolute atomic E-state index is 13.1. The Morgan fingerprint density at radius 3 is 2.26 bits per heavy atom. The van der Waals surface area contributed by atoms with E-state index in [2.05, 4.69) is 4.90 Å². The van der Waals surface area contributed by atoms with Gasteiger partial charge in [0.25, 0.3) is 0 Å². The zero-order chi connectivity index (χ0) is 17.0. The lowest BCUT2D eigenvalue weighted by molar-refractivity contribution is 0.0106.